The molecule has 0 saturated carbocycles. The van der Waals surface area contributed by atoms with Gasteiger partial charge in [0.05, 0.1) is 12.5 Å². The van der Waals surface area contributed by atoms with Crippen LogP contribution in [0.3, 0.4) is 0 Å². The number of carboxylic acids is 1. The van der Waals surface area contributed by atoms with E-state index >= 15 is 0 Å². The van der Waals surface area contributed by atoms with Crippen molar-refractivity contribution in [3.8, 4) is 0 Å². The molecule has 2 atom stereocenters. The molecule has 2 unspecified atom stereocenters. The van der Waals surface area contributed by atoms with Gasteiger partial charge in [-0.1, -0.05) is 0 Å². The fraction of sp³-hybridized carbons (Fsp3) is 0.667. The van der Waals surface area contributed by atoms with Crippen LogP contribution in [-0.2, 0) is 19.1 Å². The first kappa shape index (κ1) is 14.5. The van der Waals surface area contributed by atoms with Crippen LogP contribution >= 0.6 is 0 Å². The van der Waals surface area contributed by atoms with E-state index in [2.05, 4.69) is 4.74 Å². The molecule has 0 rings (SSSR count). The Labute approximate surface area is 92.2 Å². The molecule has 7 nitrogen and oxygen atoms in total. The van der Waals surface area contributed by atoms with Gasteiger partial charge in [-0.3, -0.25) is 9.59 Å². The van der Waals surface area contributed by atoms with Crippen molar-refractivity contribution in [2.75, 3.05) is 0 Å². The van der Waals surface area contributed by atoms with Gasteiger partial charge in [-0.15, -0.1) is 0 Å². The summed E-state index contributed by atoms with van der Waals surface area (Å²) in [6.07, 6.45) is -1.59. The number of rotatable bonds is 6. The molecule has 16 heavy (non-hydrogen) atoms. The van der Waals surface area contributed by atoms with Crippen LogP contribution in [0.2, 0.25) is 0 Å². The van der Waals surface area contributed by atoms with Crippen molar-refractivity contribution >= 4 is 17.9 Å². The SMILES string of the molecule is CC(O)CC(=O)OC(=O)C(N)CCC(=O)O. The van der Waals surface area contributed by atoms with E-state index < -0.39 is 30.1 Å². The molecular weight excluding hydrogens is 218 g/mol. The highest BCUT2D eigenvalue weighted by Crippen LogP contribution is 2.00. The molecule has 0 fully saturated rings. The van der Waals surface area contributed by atoms with Crippen molar-refractivity contribution in [3.63, 3.8) is 0 Å². The molecule has 0 aliphatic heterocycles. The number of aliphatic hydroxyl groups excluding tert-OH is 1. The summed E-state index contributed by atoms with van der Waals surface area (Å²) in [5.41, 5.74) is 5.29. The molecule has 0 bridgehead atoms. The van der Waals surface area contributed by atoms with Crippen molar-refractivity contribution in [3.05, 3.63) is 0 Å². The Hall–Kier alpha value is -1.47. The Kier molecular flexibility index (Phi) is 6.28. The molecule has 0 aliphatic rings. The van der Waals surface area contributed by atoms with Crippen LogP contribution in [-0.4, -0.2) is 40.3 Å². The molecule has 0 saturated heterocycles. The van der Waals surface area contributed by atoms with Gasteiger partial charge < -0.3 is 20.7 Å². The van der Waals surface area contributed by atoms with E-state index in [1.165, 1.54) is 6.92 Å². The number of nitrogens with two attached hydrogens (primary N) is 1. The largest absolute Gasteiger partial charge is 0.481 e. The summed E-state index contributed by atoms with van der Waals surface area (Å²) >= 11 is 0. The van der Waals surface area contributed by atoms with E-state index in [0.29, 0.717) is 0 Å². The van der Waals surface area contributed by atoms with Gasteiger partial charge in [0.15, 0.2) is 0 Å². The number of carbonyl (C=O) groups is 3. The standard InChI is InChI=1S/C9H15NO6/c1-5(11)4-8(14)16-9(15)6(10)2-3-7(12)13/h5-6,11H,2-4,10H2,1H3,(H,12,13). The van der Waals surface area contributed by atoms with E-state index in [4.69, 9.17) is 15.9 Å². The lowest BCUT2D eigenvalue weighted by Gasteiger charge is -2.09. The molecule has 0 aromatic rings. The maximum atomic E-state index is 11.1. The van der Waals surface area contributed by atoms with Crippen LogP contribution < -0.4 is 5.73 Å². The van der Waals surface area contributed by atoms with Gasteiger partial charge in [0.25, 0.3) is 0 Å². The second-order valence-electron chi connectivity index (χ2n) is 3.39. The minimum Gasteiger partial charge on any atom is -0.481 e. The highest BCUT2D eigenvalue weighted by molar-refractivity contribution is 5.88. The smallest absolute Gasteiger partial charge is 0.330 e. The Morgan fingerprint density at radius 2 is 1.94 bits per heavy atom. The maximum absolute atomic E-state index is 11.1. The van der Waals surface area contributed by atoms with E-state index in [1.807, 2.05) is 0 Å². The molecule has 4 N–H and O–H groups in total. The van der Waals surface area contributed by atoms with E-state index in [1.54, 1.807) is 0 Å². The fourth-order valence-electron chi connectivity index (χ4n) is 0.868. The predicted molar refractivity (Wildman–Crippen MR) is 52.2 cm³/mol. The van der Waals surface area contributed by atoms with E-state index in [0.717, 1.165) is 0 Å². The lowest BCUT2D eigenvalue weighted by atomic mass is 10.2. The highest BCUT2D eigenvalue weighted by Gasteiger charge is 2.20. The third-order valence-electron chi connectivity index (χ3n) is 1.65. The van der Waals surface area contributed by atoms with Crippen LogP contribution in [0.1, 0.15) is 26.2 Å². The predicted octanol–water partition coefficient (Wildman–Crippen LogP) is -0.981. The summed E-state index contributed by atoms with van der Waals surface area (Å²) in [7, 11) is 0. The Morgan fingerprint density at radius 1 is 1.38 bits per heavy atom. The molecule has 0 heterocycles. The van der Waals surface area contributed by atoms with Gasteiger partial charge in [0, 0.05) is 6.42 Å². The van der Waals surface area contributed by atoms with Crippen LogP contribution in [0.25, 0.3) is 0 Å². The van der Waals surface area contributed by atoms with Crippen molar-refractivity contribution < 1.29 is 29.3 Å². The lowest BCUT2D eigenvalue weighted by molar-refractivity contribution is -0.161. The average Bonchev–Trinajstić information content (AvgIpc) is 2.12. The molecule has 92 valence electrons. The third kappa shape index (κ3) is 6.91. The summed E-state index contributed by atoms with van der Waals surface area (Å²) in [6, 6.07) is -1.14. The number of ether oxygens (including phenoxy) is 1. The van der Waals surface area contributed by atoms with Gasteiger partial charge in [0.2, 0.25) is 0 Å². The number of carboxylic acid groups (broad SMARTS) is 1. The molecule has 0 radical (unpaired) electrons. The molecule has 0 aromatic carbocycles. The second kappa shape index (κ2) is 6.91. The number of esters is 2. The summed E-state index contributed by atoms with van der Waals surface area (Å²) in [4.78, 5) is 32.2. The second-order valence-corrected chi connectivity index (χ2v) is 3.39. The first-order valence-electron chi connectivity index (χ1n) is 4.73. The Bertz CT molecular complexity index is 275. The van der Waals surface area contributed by atoms with Crippen molar-refractivity contribution in [1.29, 1.82) is 0 Å². The maximum Gasteiger partial charge on any atom is 0.330 e. The minimum absolute atomic E-state index is 0.101. The zero-order chi connectivity index (χ0) is 12.7. The summed E-state index contributed by atoms with van der Waals surface area (Å²) in [5.74, 6) is -2.95. The van der Waals surface area contributed by atoms with E-state index in [-0.39, 0.29) is 19.3 Å². The van der Waals surface area contributed by atoms with Gasteiger partial charge in [-0.05, 0) is 13.3 Å². The number of aliphatic carboxylic acids is 1. The van der Waals surface area contributed by atoms with Gasteiger partial charge >= 0.3 is 17.9 Å². The van der Waals surface area contributed by atoms with Crippen molar-refractivity contribution in [2.24, 2.45) is 5.73 Å². The summed E-state index contributed by atoms with van der Waals surface area (Å²) < 4.78 is 4.30. The van der Waals surface area contributed by atoms with Crippen LogP contribution in [0.15, 0.2) is 0 Å². The number of hydrogen-bond donors (Lipinski definition) is 3. The third-order valence-corrected chi connectivity index (χ3v) is 1.65. The van der Waals surface area contributed by atoms with Crippen LogP contribution in [0, 0.1) is 0 Å². The lowest BCUT2D eigenvalue weighted by Crippen LogP contribution is -2.34. The summed E-state index contributed by atoms with van der Waals surface area (Å²) in [5, 5.41) is 17.2. The quantitative estimate of drug-likeness (QED) is 0.397. The zero-order valence-corrected chi connectivity index (χ0v) is 8.88. The topological polar surface area (TPSA) is 127 Å². The summed E-state index contributed by atoms with van der Waals surface area (Å²) in [6.45, 7) is 1.37. The molecule has 0 amide bonds. The number of aliphatic hydroxyl groups is 1. The number of hydrogen-bond acceptors (Lipinski definition) is 6. The molecule has 0 aliphatic carbocycles. The van der Waals surface area contributed by atoms with Crippen LogP contribution in [0.4, 0.5) is 0 Å². The highest BCUT2D eigenvalue weighted by atomic mass is 16.6. The zero-order valence-electron chi connectivity index (χ0n) is 8.88. The number of carbonyl (C=O) groups excluding carboxylic acids is 2. The average molecular weight is 233 g/mol. The molecule has 7 heteroatoms. The van der Waals surface area contributed by atoms with Crippen molar-refractivity contribution in [2.45, 2.75) is 38.3 Å². The first-order valence-corrected chi connectivity index (χ1v) is 4.73. The van der Waals surface area contributed by atoms with Gasteiger partial charge in [-0.2, -0.15) is 0 Å². The fourth-order valence-corrected chi connectivity index (χ4v) is 0.868. The van der Waals surface area contributed by atoms with Gasteiger partial charge in [0.1, 0.15) is 6.04 Å². The van der Waals surface area contributed by atoms with Crippen molar-refractivity contribution in [1.82, 2.24) is 0 Å². The normalized spacial score (nSPS) is 13.9. The Balaban J connectivity index is 3.95. The van der Waals surface area contributed by atoms with Crippen LogP contribution in [0.5, 0.6) is 0 Å². The Morgan fingerprint density at radius 3 is 2.38 bits per heavy atom. The van der Waals surface area contributed by atoms with Gasteiger partial charge in [-0.25, -0.2) is 4.79 Å². The minimum atomic E-state index is -1.14. The molecule has 0 aromatic heterocycles. The molecular formula is C9H15NO6. The first-order chi connectivity index (χ1) is 7.32. The molecule has 0 spiro atoms. The monoisotopic (exact) mass is 233 g/mol. The van der Waals surface area contributed by atoms with E-state index in [9.17, 15) is 14.4 Å².